The average molecular weight is 728 g/mol. The fraction of sp³-hybridized carbons (Fsp3) is 0.244. The van der Waals surface area contributed by atoms with Crippen LogP contribution >= 0.6 is 11.6 Å². The van der Waals surface area contributed by atoms with Crippen molar-refractivity contribution in [2.75, 3.05) is 13.2 Å². The number of carbonyl (C=O) groups excluding carboxylic acids is 3. The maximum Gasteiger partial charge on any atom is 0.407 e. The minimum absolute atomic E-state index is 0.0934. The monoisotopic (exact) mass is 727 g/mol. The summed E-state index contributed by atoms with van der Waals surface area (Å²) in [5, 5.41) is 3.25. The largest absolute Gasteiger partial charge is 0.456 e. The Balaban J connectivity index is 1.20. The van der Waals surface area contributed by atoms with Crippen LogP contribution in [0.5, 0.6) is 0 Å². The summed E-state index contributed by atoms with van der Waals surface area (Å²) in [5.41, 5.74) is 12.9. The number of amides is 1. The fourth-order valence-corrected chi connectivity index (χ4v) is 7.09. The van der Waals surface area contributed by atoms with E-state index in [1.165, 1.54) is 0 Å². The number of nitrogens with two attached hydrogens (primary N) is 1. The van der Waals surface area contributed by atoms with E-state index in [0.717, 1.165) is 51.3 Å². The molecule has 0 aromatic heterocycles. The molecule has 5 aromatic rings. The minimum Gasteiger partial charge on any atom is -0.456 e. The molecule has 271 valence electrons. The average Bonchev–Trinajstić information content (AvgIpc) is 3.47. The Labute approximate surface area is 316 Å². The third-order valence-corrected chi connectivity index (χ3v) is 9.61. The van der Waals surface area contributed by atoms with Crippen LogP contribution in [-0.4, -0.2) is 42.6 Å². The molecular weight excluding hydrogens is 684 g/mol. The van der Waals surface area contributed by atoms with E-state index in [4.69, 9.17) is 26.8 Å². The molecule has 1 amide bonds. The number of halogens is 1. The molecule has 7 nitrogen and oxygen atoms in total. The van der Waals surface area contributed by atoms with Crippen molar-refractivity contribution in [1.29, 1.82) is 0 Å². The van der Waals surface area contributed by atoms with Gasteiger partial charge in [0.15, 0.2) is 5.78 Å². The van der Waals surface area contributed by atoms with Crippen LogP contribution in [0, 0.1) is 5.92 Å². The molecule has 0 spiro atoms. The van der Waals surface area contributed by atoms with E-state index in [0.29, 0.717) is 35.5 Å². The first kappa shape index (κ1) is 37.5. The van der Waals surface area contributed by atoms with Gasteiger partial charge in [-0.1, -0.05) is 121 Å². The first-order valence-corrected chi connectivity index (χ1v) is 18.3. The molecule has 0 heterocycles. The van der Waals surface area contributed by atoms with Crippen molar-refractivity contribution in [3.63, 3.8) is 0 Å². The smallest absolute Gasteiger partial charge is 0.407 e. The molecule has 0 fully saturated rings. The number of carbonyl (C=O) groups is 3. The number of benzene rings is 5. The van der Waals surface area contributed by atoms with Crippen LogP contribution in [0.25, 0.3) is 11.1 Å². The number of rotatable bonds is 13. The first-order chi connectivity index (χ1) is 25.5. The number of nitrogens with one attached hydrogen (secondary N) is 1. The van der Waals surface area contributed by atoms with Gasteiger partial charge in [0.1, 0.15) is 12.2 Å². The summed E-state index contributed by atoms with van der Waals surface area (Å²) >= 11 is 6.84. The quantitative estimate of drug-likeness (QED) is 0.0542. The van der Waals surface area contributed by atoms with Gasteiger partial charge in [-0.3, -0.25) is 4.79 Å². The molecule has 1 aliphatic carbocycles. The van der Waals surface area contributed by atoms with Gasteiger partial charge >= 0.3 is 12.1 Å². The number of alkyl carbamates (subject to hydrolysis) is 1. The lowest BCUT2D eigenvalue weighted by Crippen LogP contribution is -2.41. The molecule has 8 heteroatoms. The van der Waals surface area contributed by atoms with Gasteiger partial charge in [0.05, 0.1) is 17.5 Å². The van der Waals surface area contributed by atoms with Crippen molar-refractivity contribution in [3.8, 4) is 11.1 Å². The Kier molecular flexibility index (Phi) is 11.8. The van der Waals surface area contributed by atoms with E-state index in [1.54, 1.807) is 24.3 Å². The van der Waals surface area contributed by atoms with Crippen LogP contribution in [0.2, 0.25) is 5.02 Å². The van der Waals surface area contributed by atoms with Crippen molar-refractivity contribution in [1.82, 2.24) is 5.32 Å². The van der Waals surface area contributed by atoms with Gasteiger partial charge in [0.2, 0.25) is 0 Å². The third kappa shape index (κ3) is 8.87. The van der Waals surface area contributed by atoms with Gasteiger partial charge in [0, 0.05) is 16.5 Å². The number of hydrogen-bond donors (Lipinski definition) is 2. The van der Waals surface area contributed by atoms with E-state index >= 15 is 0 Å². The second-order valence-corrected chi connectivity index (χ2v) is 14.6. The highest BCUT2D eigenvalue weighted by Gasteiger charge is 2.30. The molecule has 1 aliphatic rings. The predicted octanol–water partition coefficient (Wildman–Crippen LogP) is 9.53. The lowest BCUT2D eigenvalue weighted by molar-refractivity contribution is 0.00693. The topological polar surface area (TPSA) is 108 Å². The molecule has 0 saturated heterocycles. The number of unbranched alkanes of at least 4 members (excludes halogenated alkanes) is 1. The summed E-state index contributed by atoms with van der Waals surface area (Å²) in [6.45, 7) is 6.08. The van der Waals surface area contributed by atoms with Gasteiger partial charge in [-0.05, 0) is 97.7 Å². The van der Waals surface area contributed by atoms with Gasteiger partial charge in [0.25, 0.3) is 0 Å². The highest BCUT2D eigenvalue weighted by molar-refractivity contribution is 6.32. The zero-order valence-electron chi connectivity index (χ0n) is 30.2. The standard InChI is InChI=1S/C45H44ClN2O5/c1-45(2,3)53-43(50)32-24-25-37(39(46)27-32)41(29-13-5-4-6-14-29)30-20-22-31(23-21-30)42(49)40(19-11-12-26-47)48-44(51)52-28-38-35-17-9-7-15-33(35)34-16-8-10-18-36(34)38/h4-10,13-18,20-25,27,38,40H,11-12,19,26,28,47H2,1-3H3,(H,48,51)/t40-/m0/s1. The molecule has 3 N–H and O–H groups in total. The van der Waals surface area contributed by atoms with Crippen LogP contribution in [0.4, 0.5) is 4.79 Å². The number of ketones is 1. The van der Waals surface area contributed by atoms with Gasteiger partial charge in [-0.15, -0.1) is 0 Å². The summed E-state index contributed by atoms with van der Waals surface area (Å²) in [5.74, 6) is 0.0663. The van der Waals surface area contributed by atoms with Crippen molar-refractivity contribution >= 4 is 29.4 Å². The van der Waals surface area contributed by atoms with E-state index in [2.05, 4.69) is 29.6 Å². The molecule has 1 atom stereocenters. The van der Waals surface area contributed by atoms with Gasteiger partial charge < -0.3 is 20.5 Å². The molecule has 5 aromatic carbocycles. The molecule has 0 aliphatic heterocycles. The summed E-state index contributed by atoms with van der Waals surface area (Å²) in [7, 11) is 0. The Morgan fingerprint density at radius 1 is 0.736 bits per heavy atom. The van der Waals surface area contributed by atoms with Crippen molar-refractivity contribution < 1.29 is 23.9 Å². The number of ether oxygens (including phenoxy) is 2. The van der Waals surface area contributed by atoms with E-state index in [1.807, 2.05) is 93.6 Å². The second kappa shape index (κ2) is 16.6. The van der Waals surface area contributed by atoms with E-state index in [-0.39, 0.29) is 18.3 Å². The summed E-state index contributed by atoms with van der Waals surface area (Å²) in [4.78, 5) is 40.0. The lowest BCUT2D eigenvalue weighted by atomic mass is 9.84. The lowest BCUT2D eigenvalue weighted by Gasteiger charge is -2.22. The maximum absolute atomic E-state index is 14.0. The highest BCUT2D eigenvalue weighted by Crippen LogP contribution is 2.44. The van der Waals surface area contributed by atoms with Crippen molar-refractivity contribution in [2.45, 2.75) is 57.6 Å². The molecule has 53 heavy (non-hydrogen) atoms. The number of esters is 1. The fourth-order valence-electron chi connectivity index (χ4n) is 6.81. The van der Waals surface area contributed by atoms with Crippen LogP contribution in [-0.2, 0) is 9.47 Å². The summed E-state index contributed by atoms with van der Waals surface area (Å²) in [6.07, 6.45) is 1.16. The van der Waals surface area contributed by atoms with Crippen LogP contribution in [0.3, 0.4) is 0 Å². The molecule has 0 unspecified atom stereocenters. The number of fused-ring (bicyclic) bond motifs is 3. The van der Waals surface area contributed by atoms with Gasteiger partial charge in [-0.25, -0.2) is 9.59 Å². The molecule has 1 radical (unpaired) electrons. The first-order valence-electron chi connectivity index (χ1n) is 18.0. The Morgan fingerprint density at radius 2 is 1.30 bits per heavy atom. The zero-order chi connectivity index (χ0) is 37.5. The minimum atomic E-state index is -0.796. The molecule has 0 bridgehead atoms. The van der Waals surface area contributed by atoms with Crippen molar-refractivity contribution in [2.24, 2.45) is 5.73 Å². The summed E-state index contributed by atoms with van der Waals surface area (Å²) < 4.78 is 11.3. The van der Waals surface area contributed by atoms with Crippen LogP contribution in [0.15, 0.2) is 121 Å². The van der Waals surface area contributed by atoms with Crippen LogP contribution < -0.4 is 11.1 Å². The Morgan fingerprint density at radius 3 is 1.91 bits per heavy atom. The van der Waals surface area contributed by atoms with Gasteiger partial charge in [-0.2, -0.15) is 0 Å². The highest BCUT2D eigenvalue weighted by atomic mass is 35.5. The second-order valence-electron chi connectivity index (χ2n) is 14.2. The SMILES string of the molecule is CC(C)(C)OC(=O)c1ccc([C](c2ccccc2)c2ccc(C(=O)[C@H](CCCCN)NC(=O)OCC3c4ccccc4-c4ccccc43)cc2)c(Cl)c1. The third-order valence-electron chi connectivity index (χ3n) is 9.29. The Hall–Kier alpha value is -5.24. The normalized spacial score (nSPS) is 12.9. The molecular formula is C45H44ClN2O5. The molecule has 0 saturated carbocycles. The predicted molar refractivity (Wildman–Crippen MR) is 209 cm³/mol. The number of Topliss-reactive ketones (excluding diaryl/α,β-unsaturated/α-hetero) is 1. The zero-order valence-corrected chi connectivity index (χ0v) is 31.0. The van der Waals surface area contributed by atoms with Crippen LogP contribution in [0.1, 0.15) is 94.5 Å². The maximum atomic E-state index is 14.0. The van der Waals surface area contributed by atoms with Crippen molar-refractivity contribution in [3.05, 3.63) is 171 Å². The molecule has 6 rings (SSSR count). The van der Waals surface area contributed by atoms with E-state index < -0.39 is 23.7 Å². The Bertz CT molecular complexity index is 2030. The summed E-state index contributed by atoms with van der Waals surface area (Å²) in [6, 6.07) is 37.7. The van der Waals surface area contributed by atoms with E-state index in [9.17, 15) is 14.4 Å². The number of hydrogen-bond acceptors (Lipinski definition) is 6.